The number of hydrogen-bond acceptors (Lipinski definition) is 3. The van der Waals surface area contributed by atoms with Crippen molar-refractivity contribution in [2.24, 2.45) is 0 Å². The average molecular weight is 280 g/mol. The Bertz CT molecular complexity index is 288. The van der Waals surface area contributed by atoms with Gasteiger partial charge in [-0.2, -0.15) is 8.42 Å². The average Bonchev–Trinajstić information content (AvgIpc) is 2.12. The van der Waals surface area contributed by atoms with Gasteiger partial charge in [-0.25, -0.2) is 0 Å². The van der Waals surface area contributed by atoms with Gasteiger partial charge in [0, 0.05) is 0 Å². The molecular weight excluding hydrogens is 276 g/mol. The highest BCUT2D eigenvalue weighted by atomic mass is 79.9. The normalized spacial score (nSPS) is 37.9. The number of hydrogen-bond donors (Lipinski definition) is 1. The van der Waals surface area contributed by atoms with E-state index in [1.165, 1.54) is 5.41 Å². The highest BCUT2D eigenvalue weighted by Crippen LogP contribution is 2.47. The molecule has 0 amide bonds. The van der Waals surface area contributed by atoms with Gasteiger partial charge in [0.15, 0.2) is 0 Å². The molecule has 0 saturated carbocycles. The van der Waals surface area contributed by atoms with Crippen molar-refractivity contribution in [3.8, 4) is 0 Å². The lowest BCUT2D eigenvalue weighted by Gasteiger charge is -2.19. The fourth-order valence-corrected chi connectivity index (χ4v) is 3.84. The topological polar surface area (TPSA) is 54.4 Å². The lowest BCUT2D eigenvalue weighted by Crippen LogP contribution is -2.33. The Morgan fingerprint density at radius 2 is 2.27 bits per heavy atom. The van der Waals surface area contributed by atoms with Crippen LogP contribution in [0.2, 0.25) is 0 Å². The molecule has 0 fully saturated rings. The minimum atomic E-state index is -4.23. The molecule has 1 aliphatic rings. The number of halogens is 2. The van der Waals surface area contributed by atoms with Crippen LogP contribution in [-0.2, 0) is 10.1 Å². The Balaban J connectivity index is 3.04. The van der Waals surface area contributed by atoms with E-state index in [4.69, 9.17) is 16.2 Å². The highest BCUT2D eigenvalue weighted by Gasteiger charge is 2.49. The first-order valence-electron chi connectivity index (χ1n) is 2.52. The van der Waals surface area contributed by atoms with Gasteiger partial charge >= 0.3 is 0 Å². The molecule has 11 heavy (non-hydrogen) atoms. The van der Waals surface area contributed by atoms with Gasteiger partial charge in [0.25, 0.3) is 10.1 Å². The summed E-state index contributed by atoms with van der Waals surface area (Å²) in [5, 5.41) is 1.53. The highest BCUT2D eigenvalue weighted by molar-refractivity contribution is 9.10. The van der Waals surface area contributed by atoms with Gasteiger partial charge < -0.3 is 0 Å². The van der Waals surface area contributed by atoms with Crippen LogP contribution < -0.4 is 0 Å². The molecule has 64 valence electrons. The second-order valence-corrected chi connectivity index (χ2v) is 6.94. The van der Waals surface area contributed by atoms with Crippen molar-refractivity contribution >= 4 is 49.4 Å². The molecule has 7 heteroatoms. The van der Waals surface area contributed by atoms with Crippen molar-refractivity contribution in [3.05, 3.63) is 11.5 Å². The van der Waals surface area contributed by atoms with E-state index in [1.807, 2.05) is 0 Å². The van der Waals surface area contributed by atoms with Gasteiger partial charge in [0.2, 0.25) is 3.54 Å². The zero-order valence-corrected chi connectivity index (χ0v) is 9.04. The van der Waals surface area contributed by atoms with E-state index >= 15 is 0 Å². The van der Waals surface area contributed by atoms with Crippen LogP contribution in [0.1, 0.15) is 0 Å². The third-order valence-electron chi connectivity index (χ3n) is 1.16. The summed E-state index contributed by atoms with van der Waals surface area (Å²) >= 11 is 9.49. The lowest BCUT2D eigenvalue weighted by atomic mass is 10.5. The first kappa shape index (κ1) is 9.85. The number of rotatable bonds is 1. The molecule has 1 aliphatic heterocycles. The summed E-state index contributed by atoms with van der Waals surface area (Å²) in [6.07, 6.45) is 1.56. The number of thioether (sulfide) groups is 1. The second kappa shape index (κ2) is 2.92. The van der Waals surface area contributed by atoms with Crippen molar-refractivity contribution in [1.29, 1.82) is 0 Å². The monoisotopic (exact) mass is 278 g/mol. The molecular formula is C4H4BrClO3S2. The summed E-state index contributed by atoms with van der Waals surface area (Å²) in [6.45, 7) is 0. The predicted octanol–water partition coefficient (Wildman–Crippen LogP) is 1.79. The summed E-state index contributed by atoms with van der Waals surface area (Å²) in [5.74, 6) is 0. The first-order chi connectivity index (χ1) is 4.88. The maximum Gasteiger partial charge on any atom is 0.296 e. The minimum Gasteiger partial charge on any atom is -0.283 e. The van der Waals surface area contributed by atoms with Crippen molar-refractivity contribution in [2.45, 2.75) is 8.37 Å². The molecule has 0 aliphatic carbocycles. The molecule has 1 heterocycles. The van der Waals surface area contributed by atoms with Crippen LogP contribution in [0, 0.1) is 0 Å². The Morgan fingerprint density at radius 1 is 1.73 bits per heavy atom. The molecule has 0 saturated heterocycles. The van der Waals surface area contributed by atoms with E-state index < -0.39 is 18.5 Å². The van der Waals surface area contributed by atoms with Gasteiger partial charge in [-0.1, -0.05) is 45.4 Å². The zero-order valence-electron chi connectivity index (χ0n) is 5.07. The Morgan fingerprint density at radius 3 is 2.45 bits per heavy atom. The van der Waals surface area contributed by atoms with Crippen molar-refractivity contribution in [1.82, 2.24) is 0 Å². The Kier molecular flexibility index (Phi) is 2.61. The smallest absolute Gasteiger partial charge is 0.283 e. The van der Waals surface area contributed by atoms with Crippen LogP contribution in [-0.4, -0.2) is 21.3 Å². The standard InChI is InChI=1S/C4H4BrClO3S2/c5-3-1-2-10-4(3,6)11(7,8)9/h1-3H,(H,7,8,9). The van der Waals surface area contributed by atoms with Crippen molar-refractivity contribution in [2.75, 3.05) is 0 Å². The molecule has 1 rings (SSSR count). The maximum atomic E-state index is 10.7. The van der Waals surface area contributed by atoms with Crippen molar-refractivity contribution in [3.63, 3.8) is 0 Å². The molecule has 1 N–H and O–H groups in total. The molecule has 0 spiro atoms. The zero-order chi connectivity index (χ0) is 8.70. The largest absolute Gasteiger partial charge is 0.296 e. The Hall–Kier alpha value is 0.770. The third kappa shape index (κ3) is 1.60. The molecule has 0 bridgehead atoms. The van der Waals surface area contributed by atoms with Crippen LogP contribution in [0.25, 0.3) is 0 Å². The summed E-state index contributed by atoms with van der Waals surface area (Å²) in [4.78, 5) is -0.559. The van der Waals surface area contributed by atoms with Gasteiger partial charge in [-0.05, 0) is 5.41 Å². The van der Waals surface area contributed by atoms with E-state index in [2.05, 4.69) is 15.9 Å². The quantitative estimate of drug-likeness (QED) is 0.587. The van der Waals surface area contributed by atoms with E-state index in [9.17, 15) is 8.42 Å². The molecule has 2 unspecified atom stereocenters. The fourth-order valence-electron chi connectivity index (χ4n) is 0.584. The summed E-state index contributed by atoms with van der Waals surface area (Å²) < 4.78 is 28.4. The van der Waals surface area contributed by atoms with Crippen molar-refractivity contribution < 1.29 is 13.0 Å². The molecule has 0 aromatic heterocycles. The number of alkyl halides is 2. The van der Waals surface area contributed by atoms with E-state index in [0.717, 1.165) is 11.8 Å². The molecule has 0 radical (unpaired) electrons. The fraction of sp³-hybridized carbons (Fsp3) is 0.500. The van der Waals surface area contributed by atoms with E-state index in [-0.39, 0.29) is 0 Å². The first-order valence-corrected chi connectivity index (χ1v) is 6.14. The number of allylic oxidation sites excluding steroid dienone is 1. The minimum absolute atomic E-state index is 0.559. The summed E-state index contributed by atoms with van der Waals surface area (Å²) in [5.41, 5.74) is 0. The van der Waals surface area contributed by atoms with Crippen LogP contribution >= 0.6 is 39.3 Å². The molecule has 3 nitrogen and oxygen atoms in total. The van der Waals surface area contributed by atoms with Gasteiger partial charge in [0.05, 0.1) is 4.83 Å². The van der Waals surface area contributed by atoms with Gasteiger partial charge in [-0.15, -0.1) is 0 Å². The van der Waals surface area contributed by atoms with E-state index in [0.29, 0.717) is 0 Å². The van der Waals surface area contributed by atoms with Gasteiger partial charge in [0.1, 0.15) is 0 Å². The molecule has 0 aromatic rings. The Labute approximate surface area is 82.1 Å². The van der Waals surface area contributed by atoms with Crippen LogP contribution in [0.3, 0.4) is 0 Å². The summed E-state index contributed by atoms with van der Waals surface area (Å²) in [6, 6.07) is 0. The maximum absolute atomic E-state index is 10.7. The summed E-state index contributed by atoms with van der Waals surface area (Å²) in [7, 11) is -4.23. The predicted molar refractivity (Wildman–Crippen MR) is 49.6 cm³/mol. The van der Waals surface area contributed by atoms with E-state index in [1.54, 1.807) is 6.08 Å². The van der Waals surface area contributed by atoms with Crippen LogP contribution in [0.4, 0.5) is 0 Å². The third-order valence-corrected chi connectivity index (χ3v) is 6.85. The SMILES string of the molecule is O=S(=O)(O)C1(Cl)SC=CC1Br. The molecule has 2 atom stereocenters. The van der Waals surface area contributed by atoms with Crippen LogP contribution in [0.15, 0.2) is 11.5 Å². The van der Waals surface area contributed by atoms with Crippen LogP contribution in [0.5, 0.6) is 0 Å². The lowest BCUT2D eigenvalue weighted by molar-refractivity contribution is 0.477. The molecule has 0 aromatic carbocycles. The second-order valence-electron chi connectivity index (χ2n) is 1.91. The van der Waals surface area contributed by atoms with Gasteiger partial charge in [-0.3, -0.25) is 4.55 Å².